The second-order valence-corrected chi connectivity index (χ2v) is 5.13. The van der Waals surface area contributed by atoms with Gasteiger partial charge >= 0.3 is 0 Å². The molecule has 3 nitrogen and oxygen atoms in total. The summed E-state index contributed by atoms with van der Waals surface area (Å²) in [5, 5.41) is 3.49. The molecule has 2 aliphatic heterocycles. The van der Waals surface area contributed by atoms with Gasteiger partial charge in [-0.05, 0) is 24.1 Å². The van der Waals surface area contributed by atoms with Crippen molar-refractivity contribution in [1.82, 2.24) is 10.2 Å². The van der Waals surface area contributed by atoms with E-state index in [4.69, 9.17) is 0 Å². The summed E-state index contributed by atoms with van der Waals surface area (Å²) in [7, 11) is 0. The van der Waals surface area contributed by atoms with Crippen LogP contribution in [0.3, 0.4) is 0 Å². The molecule has 0 aromatic rings. The second-order valence-electron chi connectivity index (χ2n) is 4.19. The Hall–Kier alpha value is -0.810. The standard InChI is InChI=1S/C11H14FN3S/c12-8-1-2-9-10(7-8)16-14-11(9)15-5-3-13-4-6-15/h1-2,7,9-10,13H,3-6H2. The van der Waals surface area contributed by atoms with Gasteiger partial charge in [0.2, 0.25) is 0 Å². The van der Waals surface area contributed by atoms with E-state index in [1.54, 1.807) is 12.2 Å². The summed E-state index contributed by atoms with van der Waals surface area (Å²) >= 11 is 1.49. The summed E-state index contributed by atoms with van der Waals surface area (Å²) in [5.41, 5.74) is 0. The van der Waals surface area contributed by atoms with Crippen molar-refractivity contribution in [2.24, 2.45) is 10.3 Å². The number of nitrogens with zero attached hydrogens (tertiary/aromatic N) is 2. The van der Waals surface area contributed by atoms with Gasteiger partial charge in [-0.25, -0.2) is 8.79 Å². The molecule has 1 N–H and O–H groups in total. The molecule has 0 saturated carbocycles. The molecule has 2 unspecified atom stereocenters. The van der Waals surface area contributed by atoms with Crippen LogP contribution in [0.2, 0.25) is 0 Å². The zero-order valence-electron chi connectivity index (χ0n) is 8.90. The zero-order chi connectivity index (χ0) is 11.0. The first kappa shape index (κ1) is 10.4. The molecule has 0 aromatic carbocycles. The van der Waals surface area contributed by atoms with Crippen LogP contribution in [0, 0.1) is 5.92 Å². The van der Waals surface area contributed by atoms with Crippen molar-refractivity contribution in [3.63, 3.8) is 0 Å². The monoisotopic (exact) mass is 239 g/mol. The number of fused-ring (bicyclic) bond motifs is 1. The minimum Gasteiger partial charge on any atom is -0.356 e. The lowest BCUT2D eigenvalue weighted by Crippen LogP contribution is -2.48. The van der Waals surface area contributed by atoms with Crippen molar-refractivity contribution < 1.29 is 4.39 Å². The molecule has 0 radical (unpaired) electrons. The van der Waals surface area contributed by atoms with Crippen LogP contribution >= 0.6 is 11.9 Å². The van der Waals surface area contributed by atoms with Crippen molar-refractivity contribution >= 4 is 17.8 Å². The molecular weight excluding hydrogens is 225 g/mol. The molecule has 2 atom stereocenters. The first-order valence-corrected chi connectivity index (χ1v) is 6.43. The minimum absolute atomic E-state index is 0.134. The van der Waals surface area contributed by atoms with Gasteiger partial charge in [0, 0.05) is 26.2 Å². The smallest absolute Gasteiger partial charge is 0.121 e. The van der Waals surface area contributed by atoms with Gasteiger partial charge in [0.15, 0.2) is 0 Å². The molecule has 0 aromatic heterocycles. The fourth-order valence-corrected chi connectivity index (χ4v) is 3.29. The maximum absolute atomic E-state index is 13.1. The Morgan fingerprint density at radius 1 is 1.44 bits per heavy atom. The second kappa shape index (κ2) is 4.22. The Kier molecular flexibility index (Phi) is 2.73. The van der Waals surface area contributed by atoms with E-state index in [-0.39, 0.29) is 17.0 Å². The van der Waals surface area contributed by atoms with Crippen LogP contribution in [0.15, 0.2) is 28.5 Å². The third-order valence-corrected chi connectivity index (χ3v) is 4.11. The maximum atomic E-state index is 13.1. The number of piperazine rings is 1. The highest BCUT2D eigenvalue weighted by Gasteiger charge is 2.35. The van der Waals surface area contributed by atoms with Gasteiger partial charge in [0.05, 0.1) is 11.2 Å². The van der Waals surface area contributed by atoms with E-state index < -0.39 is 0 Å². The van der Waals surface area contributed by atoms with E-state index >= 15 is 0 Å². The summed E-state index contributed by atoms with van der Waals surface area (Å²) in [6.45, 7) is 4.02. The predicted octanol–water partition coefficient (Wildman–Crippen LogP) is 1.36. The molecule has 86 valence electrons. The van der Waals surface area contributed by atoms with E-state index in [1.807, 2.05) is 6.08 Å². The Labute approximate surface area is 98.6 Å². The van der Waals surface area contributed by atoms with Crippen LogP contribution in [0.4, 0.5) is 4.39 Å². The van der Waals surface area contributed by atoms with Crippen molar-refractivity contribution in [1.29, 1.82) is 0 Å². The number of rotatable bonds is 0. The number of hydrogen-bond donors (Lipinski definition) is 1. The molecule has 3 aliphatic rings. The van der Waals surface area contributed by atoms with Gasteiger partial charge in [-0.15, -0.1) is 0 Å². The van der Waals surface area contributed by atoms with Gasteiger partial charge in [-0.1, -0.05) is 6.08 Å². The summed E-state index contributed by atoms with van der Waals surface area (Å²) < 4.78 is 17.6. The molecule has 5 heteroatoms. The van der Waals surface area contributed by atoms with Crippen molar-refractivity contribution in [2.45, 2.75) is 5.25 Å². The van der Waals surface area contributed by atoms with Crippen LogP contribution in [-0.2, 0) is 0 Å². The Bertz CT molecular complexity index is 371. The maximum Gasteiger partial charge on any atom is 0.121 e. The fraction of sp³-hybridized carbons (Fsp3) is 0.545. The molecule has 1 aliphatic carbocycles. The summed E-state index contributed by atoms with van der Waals surface area (Å²) in [6, 6.07) is 0. The van der Waals surface area contributed by atoms with Gasteiger partial charge in [-0.2, -0.15) is 0 Å². The molecule has 3 rings (SSSR count). The average Bonchev–Trinajstić information content (AvgIpc) is 2.73. The van der Waals surface area contributed by atoms with E-state index in [1.165, 1.54) is 11.9 Å². The van der Waals surface area contributed by atoms with Crippen LogP contribution in [0.25, 0.3) is 0 Å². The highest BCUT2D eigenvalue weighted by molar-refractivity contribution is 7.99. The van der Waals surface area contributed by atoms with Crippen LogP contribution in [0.1, 0.15) is 0 Å². The fourth-order valence-electron chi connectivity index (χ4n) is 2.29. The Morgan fingerprint density at radius 3 is 3.06 bits per heavy atom. The summed E-state index contributed by atoms with van der Waals surface area (Å²) in [4.78, 5) is 2.32. The molecule has 1 fully saturated rings. The Balaban J connectivity index is 1.76. The topological polar surface area (TPSA) is 27.6 Å². The number of amidine groups is 1. The molecule has 1 saturated heterocycles. The number of allylic oxidation sites excluding steroid dienone is 2. The lowest BCUT2D eigenvalue weighted by molar-refractivity contribution is 0.347. The molecular formula is C11H14FN3S. The largest absolute Gasteiger partial charge is 0.356 e. The van der Waals surface area contributed by atoms with Crippen molar-refractivity contribution in [2.75, 3.05) is 26.2 Å². The van der Waals surface area contributed by atoms with Crippen LogP contribution in [-0.4, -0.2) is 42.2 Å². The van der Waals surface area contributed by atoms with Crippen molar-refractivity contribution in [3.05, 3.63) is 24.1 Å². The van der Waals surface area contributed by atoms with Gasteiger partial charge in [-0.3, -0.25) is 0 Å². The van der Waals surface area contributed by atoms with Gasteiger partial charge in [0.25, 0.3) is 0 Å². The quantitative estimate of drug-likeness (QED) is 0.647. The Morgan fingerprint density at radius 2 is 2.25 bits per heavy atom. The zero-order valence-corrected chi connectivity index (χ0v) is 9.71. The van der Waals surface area contributed by atoms with E-state index in [0.717, 1.165) is 32.0 Å². The first-order chi connectivity index (χ1) is 7.84. The average molecular weight is 239 g/mol. The summed E-state index contributed by atoms with van der Waals surface area (Å²) in [6.07, 6.45) is 5.18. The lowest BCUT2D eigenvalue weighted by atomic mass is 9.97. The van der Waals surface area contributed by atoms with Gasteiger partial charge < -0.3 is 10.2 Å². The number of nitrogens with one attached hydrogen (secondary N) is 1. The molecule has 0 bridgehead atoms. The lowest BCUT2D eigenvalue weighted by Gasteiger charge is -2.32. The highest BCUT2D eigenvalue weighted by Crippen LogP contribution is 2.37. The minimum atomic E-state index is -0.134. The highest BCUT2D eigenvalue weighted by atomic mass is 32.2. The number of halogens is 1. The van der Waals surface area contributed by atoms with Crippen LogP contribution in [0.5, 0.6) is 0 Å². The predicted molar refractivity (Wildman–Crippen MR) is 65.1 cm³/mol. The normalized spacial score (nSPS) is 33.4. The summed E-state index contributed by atoms with van der Waals surface area (Å²) in [5.74, 6) is 1.25. The third kappa shape index (κ3) is 1.78. The molecule has 0 spiro atoms. The third-order valence-electron chi connectivity index (χ3n) is 3.15. The number of hydrogen-bond acceptors (Lipinski definition) is 4. The van der Waals surface area contributed by atoms with Gasteiger partial charge in [0.1, 0.15) is 11.7 Å². The van der Waals surface area contributed by atoms with E-state index in [2.05, 4.69) is 14.6 Å². The first-order valence-electron chi connectivity index (χ1n) is 5.59. The van der Waals surface area contributed by atoms with E-state index in [0.29, 0.717) is 0 Å². The molecule has 0 amide bonds. The SMILES string of the molecule is FC1=CC2SN=C(N3CCNCC3)C2C=C1. The molecule has 2 heterocycles. The van der Waals surface area contributed by atoms with E-state index in [9.17, 15) is 4.39 Å². The van der Waals surface area contributed by atoms with Crippen molar-refractivity contribution in [3.8, 4) is 0 Å². The molecule has 16 heavy (non-hydrogen) atoms. The van der Waals surface area contributed by atoms with Crippen LogP contribution < -0.4 is 5.32 Å².